The fourth-order valence-corrected chi connectivity index (χ4v) is 1.21. The molecule has 0 bridgehead atoms. The van der Waals surface area contributed by atoms with Crippen molar-refractivity contribution in [3.8, 4) is 0 Å². The quantitative estimate of drug-likeness (QED) is 0.420. The van der Waals surface area contributed by atoms with Crippen LogP contribution in [0.25, 0.3) is 0 Å². The van der Waals surface area contributed by atoms with E-state index in [0.29, 0.717) is 0 Å². The average Bonchev–Trinajstić information content (AvgIpc) is 2.14. The number of rotatable bonds is 1. The average molecular weight is 130 g/mol. The second kappa shape index (κ2) is 2.48. The molecule has 0 spiro atoms. The molecule has 7 heavy (non-hydrogen) atoms. The van der Waals surface area contributed by atoms with Crippen LogP contribution in [0, 0.1) is 0 Å². The van der Waals surface area contributed by atoms with E-state index >= 15 is 0 Å². The Morgan fingerprint density at radius 3 is 2.86 bits per heavy atom. The Morgan fingerprint density at radius 1 is 1.71 bits per heavy atom. The van der Waals surface area contributed by atoms with Gasteiger partial charge in [0.05, 0.1) is 0 Å². The third-order valence-electron chi connectivity index (χ3n) is 0.854. The highest BCUT2D eigenvalue weighted by Crippen LogP contribution is 2.26. The highest BCUT2D eigenvalue weighted by atomic mass is 33.1. The molecule has 0 aromatic carbocycles. The molecule has 2 heteroatoms. The topological polar surface area (TPSA) is 0 Å². The summed E-state index contributed by atoms with van der Waals surface area (Å²) in [6.45, 7) is 0. The summed E-state index contributed by atoms with van der Waals surface area (Å²) in [4.78, 5) is 1.34. The van der Waals surface area contributed by atoms with E-state index in [0.717, 1.165) is 6.42 Å². The van der Waals surface area contributed by atoms with E-state index in [1.54, 1.807) is 0 Å². The monoisotopic (exact) mass is 130 g/mol. The fourth-order valence-electron chi connectivity index (χ4n) is 0.495. The van der Waals surface area contributed by atoms with Crippen molar-refractivity contribution in [2.75, 3.05) is 0 Å². The third kappa shape index (κ3) is 1.28. The van der Waals surface area contributed by atoms with E-state index in [-0.39, 0.29) is 0 Å². The van der Waals surface area contributed by atoms with Gasteiger partial charge < -0.3 is 0 Å². The smallest absolute Gasteiger partial charge is 0.000677 e. The molecule has 1 aliphatic rings. The number of thiol groups is 1. The number of allylic oxidation sites excluding steroid dienone is 4. The normalized spacial score (nSPS) is 17.6. The van der Waals surface area contributed by atoms with Crippen LogP contribution in [0.5, 0.6) is 0 Å². The van der Waals surface area contributed by atoms with Gasteiger partial charge >= 0.3 is 0 Å². The van der Waals surface area contributed by atoms with Crippen molar-refractivity contribution >= 4 is 22.5 Å². The van der Waals surface area contributed by atoms with E-state index < -0.39 is 0 Å². The van der Waals surface area contributed by atoms with Gasteiger partial charge in [-0.25, -0.2) is 0 Å². The van der Waals surface area contributed by atoms with Crippen LogP contribution in [0.4, 0.5) is 0 Å². The lowest BCUT2D eigenvalue weighted by atomic mass is 10.5. The molecule has 1 rings (SSSR count). The van der Waals surface area contributed by atoms with E-state index in [1.807, 2.05) is 0 Å². The zero-order valence-electron chi connectivity index (χ0n) is 3.79. The lowest BCUT2D eigenvalue weighted by Crippen LogP contribution is -1.58. The first kappa shape index (κ1) is 5.32. The van der Waals surface area contributed by atoms with Crippen molar-refractivity contribution in [3.63, 3.8) is 0 Å². The summed E-state index contributed by atoms with van der Waals surface area (Å²) in [5.41, 5.74) is 0. The minimum absolute atomic E-state index is 1.08. The van der Waals surface area contributed by atoms with E-state index in [9.17, 15) is 0 Å². The largest absolute Gasteiger partial charge is 0.106 e. The maximum absolute atomic E-state index is 4.02. The molecule has 0 amide bonds. The molecule has 1 aliphatic carbocycles. The standard InChI is InChI=1S/C5H6S2/c6-7-5-3-1-2-4-5/h1-3,6H,4H2. The van der Waals surface area contributed by atoms with E-state index in [2.05, 4.69) is 29.9 Å². The molecule has 0 atom stereocenters. The zero-order valence-corrected chi connectivity index (χ0v) is 5.51. The summed E-state index contributed by atoms with van der Waals surface area (Å²) in [7, 11) is 1.53. The molecule has 0 N–H and O–H groups in total. The highest BCUT2D eigenvalue weighted by Gasteiger charge is 1.93. The molecular weight excluding hydrogens is 124 g/mol. The predicted molar refractivity (Wildman–Crippen MR) is 38.4 cm³/mol. The Morgan fingerprint density at radius 2 is 2.57 bits per heavy atom. The molecule has 0 aromatic rings. The molecular formula is C5H6S2. The molecule has 0 aliphatic heterocycles. The Bertz CT molecular complexity index is 113. The van der Waals surface area contributed by atoms with Crippen LogP contribution in [-0.2, 0) is 0 Å². The van der Waals surface area contributed by atoms with Gasteiger partial charge in [-0.3, -0.25) is 0 Å². The van der Waals surface area contributed by atoms with E-state index in [1.165, 1.54) is 15.7 Å². The van der Waals surface area contributed by atoms with Gasteiger partial charge in [0.25, 0.3) is 0 Å². The van der Waals surface area contributed by atoms with Crippen molar-refractivity contribution in [2.45, 2.75) is 6.42 Å². The lowest BCUT2D eigenvalue weighted by Gasteiger charge is -1.86. The van der Waals surface area contributed by atoms with Crippen LogP contribution in [0.15, 0.2) is 23.1 Å². The maximum Gasteiger partial charge on any atom is -0.000677 e. The van der Waals surface area contributed by atoms with Crippen LogP contribution in [0.1, 0.15) is 6.42 Å². The third-order valence-corrected chi connectivity index (χ3v) is 2.10. The number of hydrogen-bond donors (Lipinski definition) is 1. The first-order chi connectivity index (χ1) is 3.43. The van der Waals surface area contributed by atoms with Crippen LogP contribution in [0.3, 0.4) is 0 Å². The molecule has 0 nitrogen and oxygen atoms in total. The zero-order chi connectivity index (χ0) is 5.11. The first-order valence-electron chi connectivity index (χ1n) is 2.10. The van der Waals surface area contributed by atoms with Crippen molar-refractivity contribution in [3.05, 3.63) is 23.1 Å². The van der Waals surface area contributed by atoms with Gasteiger partial charge in [0.2, 0.25) is 0 Å². The van der Waals surface area contributed by atoms with Crippen molar-refractivity contribution in [1.29, 1.82) is 0 Å². The molecule has 0 saturated carbocycles. The van der Waals surface area contributed by atoms with Crippen LogP contribution in [-0.4, -0.2) is 0 Å². The van der Waals surface area contributed by atoms with Crippen molar-refractivity contribution in [1.82, 2.24) is 0 Å². The lowest BCUT2D eigenvalue weighted by molar-refractivity contribution is 1.42. The van der Waals surface area contributed by atoms with Gasteiger partial charge in [0, 0.05) is 0 Å². The molecule has 0 aromatic heterocycles. The first-order valence-corrected chi connectivity index (χ1v) is 3.97. The molecule has 38 valence electrons. The van der Waals surface area contributed by atoms with Gasteiger partial charge in [0.15, 0.2) is 0 Å². The fraction of sp³-hybridized carbons (Fsp3) is 0.200. The van der Waals surface area contributed by atoms with Crippen molar-refractivity contribution in [2.24, 2.45) is 0 Å². The Labute approximate surface area is 52.5 Å². The summed E-state index contributed by atoms with van der Waals surface area (Å²) >= 11 is 4.02. The molecule has 0 fully saturated rings. The SMILES string of the molecule is SSC1=CC=CC1. The summed E-state index contributed by atoms with van der Waals surface area (Å²) in [6.07, 6.45) is 7.34. The molecule has 0 heterocycles. The van der Waals surface area contributed by atoms with Crippen LogP contribution >= 0.6 is 22.5 Å². The second-order valence-electron chi connectivity index (χ2n) is 1.36. The van der Waals surface area contributed by atoms with E-state index in [4.69, 9.17) is 0 Å². The second-order valence-corrected chi connectivity index (χ2v) is 2.61. The Balaban J connectivity index is 2.45. The van der Waals surface area contributed by atoms with Crippen LogP contribution in [0.2, 0.25) is 0 Å². The molecule has 0 saturated heterocycles. The summed E-state index contributed by atoms with van der Waals surface area (Å²) in [6, 6.07) is 0. The van der Waals surface area contributed by atoms with Crippen LogP contribution < -0.4 is 0 Å². The molecule has 0 radical (unpaired) electrons. The van der Waals surface area contributed by atoms with Gasteiger partial charge in [-0.05, 0) is 11.3 Å². The number of hydrogen-bond acceptors (Lipinski definition) is 2. The van der Waals surface area contributed by atoms with Gasteiger partial charge in [-0.15, -0.1) is 11.7 Å². The minimum Gasteiger partial charge on any atom is -0.106 e. The minimum atomic E-state index is 1.08. The summed E-state index contributed by atoms with van der Waals surface area (Å²) < 4.78 is 0. The maximum atomic E-state index is 4.02. The van der Waals surface area contributed by atoms with Gasteiger partial charge in [0.1, 0.15) is 0 Å². The Hall–Kier alpha value is 0.180. The van der Waals surface area contributed by atoms with Gasteiger partial charge in [-0.2, -0.15) is 0 Å². The summed E-state index contributed by atoms with van der Waals surface area (Å²) in [5.74, 6) is 0. The summed E-state index contributed by atoms with van der Waals surface area (Å²) in [5, 5.41) is 0. The highest BCUT2D eigenvalue weighted by molar-refractivity contribution is 8.70. The van der Waals surface area contributed by atoms with Crippen molar-refractivity contribution < 1.29 is 0 Å². The van der Waals surface area contributed by atoms with Gasteiger partial charge in [-0.1, -0.05) is 29.0 Å². The Kier molecular flexibility index (Phi) is 1.88. The predicted octanol–water partition coefficient (Wildman–Crippen LogP) is 2.41. The molecule has 0 unspecified atom stereocenters.